The molecule has 128 valence electrons. The molecular formula is C18H22N2O3S. The van der Waals surface area contributed by atoms with Crippen molar-refractivity contribution in [2.45, 2.75) is 32.6 Å². The number of benzene rings is 1. The Labute approximate surface area is 145 Å². The number of para-hydroxylation sites is 1. The minimum atomic E-state index is -0.798. The lowest BCUT2D eigenvalue weighted by molar-refractivity contribution is -0.142. The summed E-state index contributed by atoms with van der Waals surface area (Å²) in [6, 6.07) is 8.11. The Balaban J connectivity index is 1.43. The number of carboxylic acids is 1. The van der Waals surface area contributed by atoms with Gasteiger partial charge in [0.05, 0.1) is 21.1 Å². The van der Waals surface area contributed by atoms with Gasteiger partial charge in [0.25, 0.3) is 0 Å². The number of nitrogens with zero attached hydrogens (tertiary/aromatic N) is 2. The van der Waals surface area contributed by atoms with Gasteiger partial charge in [-0.1, -0.05) is 19.1 Å². The van der Waals surface area contributed by atoms with Gasteiger partial charge in [0, 0.05) is 19.5 Å². The van der Waals surface area contributed by atoms with E-state index in [9.17, 15) is 9.59 Å². The van der Waals surface area contributed by atoms with Crippen LogP contribution in [0.2, 0.25) is 0 Å². The van der Waals surface area contributed by atoms with Gasteiger partial charge in [-0.15, -0.1) is 11.3 Å². The lowest BCUT2D eigenvalue weighted by atomic mass is 9.99. The molecule has 1 aliphatic rings. The number of amides is 1. The number of rotatable bonds is 6. The average Bonchev–Trinajstić information content (AvgIpc) is 3.14. The highest BCUT2D eigenvalue weighted by Gasteiger charge is 2.36. The van der Waals surface area contributed by atoms with Crippen molar-refractivity contribution in [1.29, 1.82) is 0 Å². The first kappa shape index (κ1) is 16.9. The van der Waals surface area contributed by atoms with Crippen LogP contribution < -0.4 is 0 Å². The lowest BCUT2D eigenvalue weighted by Gasteiger charge is -2.15. The molecular weight excluding hydrogens is 324 g/mol. The molecule has 2 heterocycles. The molecule has 3 rings (SSSR count). The van der Waals surface area contributed by atoms with E-state index in [0.717, 1.165) is 29.8 Å². The number of carboxylic acid groups (broad SMARTS) is 1. The van der Waals surface area contributed by atoms with Gasteiger partial charge in [0.15, 0.2) is 0 Å². The third-order valence-electron chi connectivity index (χ3n) is 4.65. The predicted molar refractivity (Wildman–Crippen MR) is 94.0 cm³/mol. The zero-order chi connectivity index (χ0) is 17.1. The zero-order valence-corrected chi connectivity index (χ0v) is 14.6. The van der Waals surface area contributed by atoms with Crippen molar-refractivity contribution in [3.05, 3.63) is 29.3 Å². The van der Waals surface area contributed by atoms with Gasteiger partial charge in [-0.3, -0.25) is 9.59 Å². The molecule has 0 saturated carbocycles. The van der Waals surface area contributed by atoms with Gasteiger partial charge in [-0.05, 0) is 37.3 Å². The Morgan fingerprint density at radius 3 is 2.79 bits per heavy atom. The highest BCUT2D eigenvalue weighted by atomic mass is 32.1. The van der Waals surface area contributed by atoms with E-state index in [2.05, 4.69) is 11.1 Å². The van der Waals surface area contributed by atoms with Crippen LogP contribution in [0.25, 0.3) is 10.2 Å². The third-order valence-corrected chi connectivity index (χ3v) is 5.75. The first-order valence-electron chi connectivity index (χ1n) is 8.39. The maximum atomic E-state index is 12.2. The smallest absolute Gasteiger partial charge is 0.308 e. The quantitative estimate of drug-likeness (QED) is 0.816. The standard InChI is InChI=1S/C18H22N2O3S/c1-12-10-20(11-13(12)18(22)23)17(21)9-5-4-8-16-19-14-6-2-3-7-15(14)24-16/h2-3,6-7,12-13H,4-5,8-11H2,1H3,(H,22,23)/t12-,13-/m1/s1. The minimum Gasteiger partial charge on any atom is -0.481 e. The van der Waals surface area contributed by atoms with Crippen molar-refractivity contribution in [2.75, 3.05) is 13.1 Å². The fourth-order valence-electron chi connectivity index (χ4n) is 3.23. The van der Waals surface area contributed by atoms with Crippen LogP contribution in [0.1, 0.15) is 31.2 Å². The van der Waals surface area contributed by atoms with Crippen LogP contribution in [-0.4, -0.2) is 40.0 Å². The SMILES string of the molecule is C[C@@H]1CN(C(=O)CCCCc2nc3ccccc3s2)C[C@H]1C(=O)O. The van der Waals surface area contributed by atoms with Crippen molar-refractivity contribution < 1.29 is 14.7 Å². The molecule has 1 fully saturated rings. The molecule has 1 saturated heterocycles. The van der Waals surface area contributed by atoms with E-state index in [1.54, 1.807) is 16.2 Å². The summed E-state index contributed by atoms with van der Waals surface area (Å²) >= 11 is 1.71. The number of fused-ring (bicyclic) bond motifs is 1. The largest absolute Gasteiger partial charge is 0.481 e. The summed E-state index contributed by atoms with van der Waals surface area (Å²) in [5.41, 5.74) is 1.04. The van der Waals surface area contributed by atoms with Crippen LogP contribution in [0, 0.1) is 11.8 Å². The number of aliphatic carboxylic acids is 1. The zero-order valence-electron chi connectivity index (χ0n) is 13.8. The molecule has 0 unspecified atom stereocenters. The van der Waals surface area contributed by atoms with Crippen LogP contribution >= 0.6 is 11.3 Å². The number of likely N-dealkylation sites (tertiary alicyclic amines) is 1. The molecule has 1 N–H and O–H groups in total. The predicted octanol–water partition coefficient (Wildman–Crippen LogP) is 3.19. The maximum absolute atomic E-state index is 12.2. The van der Waals surface area contributed by atoms with Crippen molar-refractivity contribution in [3.8, 4) is 0 Å². The van der Waals surface area contributed by atoms with E-state index < -0.39 is 11.9 Å². The minimum absolute atomic E-state index is 0.0363. The molecule has 6 heteroatoms. The summed E-state index contributed by atoms with van der Waals surface area (Å²) in [7, 11) is 0. The summed E-state index contributed by atoms with van der Waals surface area (Å²) in [5.74, 6) is -1.10. The van der Waals surface area contributed by atoms with Gasteiger partial charge in [-0.2, -0.15) is 0 Å². The second-order valence-corrected chi connectivity index (χ2v) is 7.62. The van der Waals surface area contributed by atoms with E-state index in [1.165, 1.54) is 4.70 Å². The molecule has 24 heavy (non-hydrogen) atoms. The van der Waals surface area contributed by atoms with Gasteiger partial charge in [-0.25, -0.2) is 4.98 Å². The molecule has 1 aromatic heterocycles. The number of aromatic nitrogens is 1. The molecule has 1 aliphatic heterocycles. The van der Waals surface area contributed by atoms with Gasteiger partial charge < -0.3 is 10.0 Å². The van der Waals surface area contributed by atoms with Crippen LogP contribution in [0.15, 0.2) is 24.3 Å². The van der Waals surface area contributed by atoms with E-state index in [4.69, 9.17) is 5.11 Å². The topological polar surface area (TPSA) is 70.5 Å². The second kappa shape index (κ2) is 7.30. The van der Waals surface area contributed by atoms with Crippen LogP contribution in [0.5, 0.6) is 0 Å². The normalized spacial score (nSPS) is 20.6. The third kappa shape index (κ3) is 3.75. The monoisotopic (exact) mass is 346 g/mol. The Morgan fingerprint density at radius 1 is 1.29 bits per heavy atom. The molecule has 0 radical (unpaired) electrons. The van der Waals surface area contributed by atoms with Crippen molar-refractivity contribution in [1.82, 2.24) is 9.88 Å². The number of thiazole rings is 1. The molecule has 2 aromatic rings. The number of carbonyl (C=O) groups is 2. The molecule has 0 aliphatic carbocycles. The van der Waals surface area contributed by atoms with Crippen LogP contribution in [-0.2, 0) is 16.0 Å². The van der Waals surface area contributed by atoms with Gasteiger partial charge >= 0.3 is 5.97 Å². The maximum Gasteiger partial charge on any atom is 0.308 e. The lowest BCUT2D eigenvalue weighted by Crippen LogP contribution is -2.29. The second-order valence-electron chi connectivity index (χ2n) is 6.50. The molecule has 1 aromatic carbocycles. The number of unbranched alkanes of at least 4 members (excludes halogenated alkanes) is 1. The van der Waals surface area contributed by atoms with Crippen molar-refractivity contribution >= 4 is 33.4 Å². The fourth-order valence-corrected chi connectivity index (χ4v) is 4.24. The van der Waals surface area contributed by atoms with Crippen molar-refractivity contribution in [3.63, 3.8) is 0 Å². The number of carbonyl (C=O) groups excluding carboxylic acids is 1. The summed E-state index contributed by atoms with van der Waals surface area (Å²) in [6.07, 6.45) is 3.12. The Kier molecular flexibility index (Phi) is 5.14. The first-order valence-corrected chi connectivity index (χ1v) is 9.21. The Bertz CT molecular complexity index is 710. The average molecular weight is 346 g/mol. The summed E-state index contributed by atoms with van der Waals surface area (Å²) in [5, 5.41) is 10.3. The summed E-state index contributed by atoms with van der Waals surface area (Å²) in [4.78, 5) is 29.7. The van der Waals surface area contributed by atoms with E-state index in [0.29, 0.717) is 19.5 Å². The van der Waals surface area contributed by atoms with Crippen molar-refractivity contribution in [2.24, 2.45) is 11.8 Å². The number of hydrogen-bond acceptors (Lipinski definition) is 4. The number of aryl methyl sites for hydroxylation is 1. The summed E-state index contributed by atoms with van der Waals surface area (Å²) < 4.78 is 1.20. The summed E-state index contributed by atoms with van der Waals surface area (Å²) in [6.45, 7) is 2.82. The molecule has 0 spiro atoms. The number of hydrogen-bond donors (Lipinski definition) is 1. The van der Waals surface area contributed by atoms with E-state index in [-0.39, 0.29) is 11.8 Å². The molecule has 0 bridgehead atoms. The Hall–Kier alpha value is -1.95. The van der Waals surface area contributed by atoms with Crippen LogP contribution in [0.3, 0.4) is 0 Å². The highest BCUT2D eigenvalue weighted by Crippen LogP contribution is 2.25. The van der Waals surface area contributed by atoms with Gasteiger partial charge in [0.2, 0.25) is 5.91 Å². The molecule has 2 atom stereocenters. The van der Waals surface area contributed by atoms with Gasteiger partial charge in [0.1, 0.15) is 0 Å². The Morgan fingerprint density at radius 2 is 2.08 bits per heavy atom. The fraction of sp³-hybridized carbons (Fsp3) is 0.500. The molecule has 5 nitrogen and oxygen atoms in total. The van der Waals surface area contributed by atoms with E-state index in [1.807, 2.05) is 25.1 Å². The van der Waals surface area contributed by atoms with Crippen LogP contribution in [0.4, 0.5) is 0 Å². The highest BCUT2D eigenvalue weighted by molar-refractivity contribution is 7.18. The first-order chi connectivity index (χ1) is 11.5. The van der Waals surface area contributed by atoms with E-state index >= 15 is 0 Å². The molecule has 1 amide bonds.